The van der Waals surface area contributed by atoms with Gasteiger partial charge in [0.1, 0.15) is 11.2 Å². The maximum Gasteiger partial charge on any atom is 0.252 e. The highest BCUT2D eigenvalue weighted by atomic mass is 19.1. The number of carbonyl (C=O) groups excluding carboxylic acids is 1. The highest BCUT2D eigenvalue weighted by Crippen LogP contribution is 2.37. The van der Waals surface area contributed by atoms with Crippen molar-refractivity contribution in [1.29, 1.82) is 0 Å². The lowest BCUT2D eigenvalue weighted by atomic mass is 9.83. The number of aromatic nitrogens is 6. The largest absolute Gasteiger partial charge is 0.381 e. The predicted octanol–water partition coefficient (Wildman–Crippen LogP) is 3.37. The third-order valence-electron chi connectivity index (χ3n) is 7.15. The molecule has 0 aromatic carbocycles. The molecular formula is C28H32FN7O3. The second kappa shape index (κ2) is 10.3. The van der Waals surface area contributed by atoms with E-state index in [1.54, 1.807) is 25.3 Å². The molecule has 0 saturated carbocycles. The summed E-state index contributed by atoms with van der Waals surface area (Å²) >= 11 is 0. The maximum absolute atomic E-state index is 13.2. The van der Waals surface area contributed by atoms with E-state index >= 15 is 0 Å². The van der Waals surface area contributed by atoms with Gasteiger partial charge in [0.15, 0.2) is 11.6 Å². The number of aliphatic hydroxyl groups is 1. The number of nitrogens with zero attached hydrogens (tertiary/aromatic N) is 5. The summed E-state index contributed by atoms with van der Waals surface area (Å²) in [6.07, 6.45) is 5.15. The molecule has 0 aliphatic carbocycles. The van der Waals surface area contributed by atoms with Crippen molar-refractivity contribution in [3.8, 4) is 5.82 Å². The van der Waals surface area contributed by atoms with Gasteiger partial charge in [-0.05, 0) is 75.9 Å². The van der Waals surface area contributed by atoms with E-state index < -0.39 is 17.0 Å². The van der Waals surface area contributed by atoms with Gasteiger partial charge in [0.25, 0.3) is 5.91 Å². The normalized spacial score (nSPS) is 22.0. The van der Waals surface area contributed by atoms with Crippen LogP contribution in [0.25, 0.3) is 5.82 Å². The molecule has 4 aromatic heterocycles. The summed E-state index contributed by atoms with van der Waals surface area (Å²) in [5, 5.41) is 25.6. The molecule has 11 heteroatoms. The third kappa shape index (κ3) is 5.74. The van der Waals surface area contributed by atoms with Crippen LogP contribution in [0.2, 0.25) is 0 Å². The Labute approximate surface area is 225 Å². The number of H-pyrrole nitrogens is 1. The lowest BCUT2D eigenvalue weighted by molar-refractivity contribution is -0.181. The zero-order valence-corrected chi connectivity index (χ0v) is 22.4. The van der Waals surface area contributed by atoms with Crippen LogP contribution >= 0.6 is 0 Å². The number of rotatable bonds is 7. The van der Waals surface area contributed by atoms with E-state index in [1.165, 1.54) is 10.9 Å². The van der Waals surface area contributed by atoms with Crippen molar-refractivity contribution < 1.29 is 19.0 Å². The minimum absolute atomic E-state index is 0.0562. The van der Waals surface area contributed by atoms with Crippen LogP contribution in [0.5, 0.6) is 0 Å². The van der Waals surface area contributed by atoms with Gasteiger partial charge in [0, 0.05) is 24.0 Å². The molecule has 39 heavy (non-hydrogen) atoms. The zero-order chi connectivity index (χ0) is 27.8. The lowest BCUT2D eigenvalue weighted by Crippen LogP contribution is -2.54. The molecule has 5 heterocycles. The van der Waals surface area contributed by atoms with Crippen LogP contribution in [-0.4, -0.2) is 53.2 Å². The summed E-state index contributed by atoms with van der Waals surface area (Å²) in [4.78, 5) is 22.3. The Bertz CT molecular complexity index is 1470. The summed E-state index contributed by atoms with van der Waals surface area (Å²) in [7, 11) is 0. The van der Waals surface area contributed by atoms with E-state index in [2.05, 4.69) is 25.6 Å². The molecule has 0 bridgehead atoms. The van der Waals surface area contributed by atoms with Crippen LogP contribution in [0.3, 0.4) is 0 Å². The Morgan fingerprint density at radius 3 is 2.67 bits per heavy atom. The highest BCUT2D eigenvalue weighted by Gasteiger charge is 2.46. The quantitative estimate of drug-likeness (QED) is 0.332. The summed E-state index contributed by atoms with van der Waals surface area (Å²) in [6.45, 7) is 7.44. The molecule has 3 N–H and O–H groups in total. The van der Waals surface area contributed by atoms with Crippen molar-refractivity contribution in [2.24, 2.45) is 0 Å². The van der Waals surface area contributed by atoms with Gasteiger partial charge < -0.3 is 15.2 Å². The molecule has 1 saturated heterocycles. The van der Waals surface area contributed by atoms with E-state index in [0.717, 1.165) is 34.4 Å². The number of hydrogen-bond donors (Lipinski definition) is 3. The average molecular weight is 534 g/mol. The highest BCUT2D eigenvalue weighted by molar-refractivity contribution is 5.85. The Hall–Kier alpha value is -3.96. The molecule has 1 aliphatic rings. The number of amides is 1. The van der Waals surface area contributed by atoms with Gasteiger partial charge >= 0.3 is 0 Å². The van der Waals surface area contributed by atoms with Gasteiger partial charge in [0.2, 0.25) is 0 Å². The van der Waals surface area contributed by atoms with E-state index in [1.807, 2.05) is 39.0 Å². The molecule has 5 rings (SSSR count). The van der Waals surface area contributed by atoms with Crippen LogP contribution in [0.15, 0.2) is 48.9 Å². The standard InChI is InChI=1S/C28H32FN7O3/c1-17-9-22(12-23-11-18(2)34-35-23)33-24(10-17)28(38)8-7-27(4,39-16-28)26(37)32-19(3)20-5-6-25(30-13-20)36-15-21(29)14-31-36/h5-6,9-11,13-15,19,38H,7-8,12,16H2,1-4H3,(H,32,37)(H,34,35)/t19-,27+,28+/m0/s1. The Morgan fingerprint density at radius 1 is 1.23 bits per heavy atom. The second-order valence-electron chi connectivity index (χ2n) is 10.5. The Balaban J connectivity index is 1.23. The lowest BCUT2D eigenvalue weighted by Gasteiger charge is -2.41. The summed E-state index contributed by atoms with van der Waals surface area (Å²) in [5.41, 5.74) is 2.53. The fourth-order valence-electron chi connectivity index (χ4n) is 4.72. The molecule has 1 aliphatic heterocycles. The average Bonchev–Trinajstić information content (AvgIpc) is 3.53. The van der Waals surface area contributed by atoms with Crippen molar-refractivity contribution in [3.05, 3.63) is 88.6 Å². The summed E-state index contributed by atoms with van der Waals surface area (Å²) in [5.74, 6) is -0.255. The van der Waals surface area contributed by atoms with Crippen molar-refractivity contribution in [2.45, 2.75) is 64.2 Å². The monoisotopic (exact) mass is 533 g/mol. The Kier molecular flexibility index (Phi) is 7.04. The van der Waals surface area contributed by atoms with Crippen molar-refractivity contribution in [1.82, 2.24) is 35.3 Å². The smallest absolute Gasteiger partial charge is 0.252 e. The van der Waals surface area contributed by atoms with Crippen molar-refractivity contribution in [3.63, 3.8) is 0 Å². The first-order chi connectivity index (χ1) is 18.5. The second-order valence-corrected chi connectivity index (χ2v) is 10.5. The number of aromatic amines is 1. The molecule has 10 nitrogen and oxygen atoms in total. The van der Waals surface area contributed by atoms with Gasteiger partial charge in [-0.1, -0.05) is 6.07 Å². The van der Waals surface area contributed by atoms with E-state index in [4.69, 9.17) is 9.72 Å². The Morgan fingerprint density at radius 2 is 2.05 bits per heavy atom. The van der Waals surface area contributed by atoms with Crippen LogP contribution < -0.4 is 5.32 Å². The predicted molar refractivity (Wildman–Crippen MR) is 140 cm³/mol. The minimum Gasteiger partial charge on any atom is -0.381 e. The summed E-state index contributed by atoms with van der Waals surface area (Å²) in [6, 6.07) is 8.98. The fourth-order valence-corrected chi connectivity index (χ4v) is 4.72. The van der Waals surface area contributed by atoms with Crippen LogP contribution in [-0.2, 0) is 21.6 Å². The molecule has 4 aromatic rings. The molecule has 1 amide bonds. The van der Waals surface area contributed by atoms with E-state index in [-0.39, 0.29) is 18.6 Å². The van der Waals surface area contributed by atoms with Gasteiger partial charge in [0.05, 0.1) is 36.4 Å². The van der Waals surface area contributed by atoms with E-state index in [9.17, 15) is 14.3 Å². The van der Waals surface area contributed by atoms with Crippen LogP contribution in [0, 0.1) is 19.7 Å². The number of aryl methyl sites for hydroxylation is 2. The summed E-state index contributed by atoms with van der Waals surface area (Å²) < 4.78 is 20.6. The third-order valence-corrected chi connectivity index (χ3v) is 7.15. The number of nitrogens with one attached hydrogen (secondary N) is 2. The SMILES string of the molecule is Cc1cc(Cc2cc(C)[nH]n2)nc([C@@]2(O)CC[C@](C)(C(=O)N[C@@H](C)c3ccc(-n4cc(F)cn4)nc3)OC2)c1. The molecular weight excluding hydrogens is 501 g/mol. The van der Waals surface area contributed by atoms with Gasteiger partial charge in [-0.2, -0.15) is 10.2 Å². The molecule has 3 atom stereocenters. The molecule has 0 spiro atoms. The number of ether oxygens (including phenoxy) is 1. The van der Waals surface area contributed by atoms with Crippen LogP contribution in [0.1, 0.15) is 66.6 Å². The number of pyridine rings is 2. The first-order valence-electron chi connectivity index (χ1n) is 12.9. The first-order valence-corrected chi connectivity index (χ1v) is 12.9. The minimum atomic E-state index is -1.31. The maximum atomic E-state index is 13.2. The fraction of sp³-hybridized carbons (Fsp3) is 0.393. The number of carbonyl (C=O) groups is 1. The first kappa shape index (κ1) is 26.6. The van der Waals surface area contributed by atoms with E-state index in [0.29, 0.717) is 30.8 Å². The van der Waals surface area contributed by atoms with Gasteiger partial charge in [-0.25, -0.2) is 14.1 Å². The molecule has 204 valence electrons. The van der Waals surface area contributed by atoms with Crippen molar-refractivity contribution >= 4 is 5.91 Å². The topological polar surface area (TPSA) is 131 Å². The number of hydrogen-bond acceptors (Lipinski definition) is 7. The molecule has 0 radical (unpaired) electrons. The van der Waals surface area contributed by atoms with Gasteiger partial charge in [-0.3, -0.25) is 14.9 Å². The molecule has 0 unspecified atom stereocenters. The zero-order valence-electron chi connectivity index (χ0n) is 22.4. The van der Waals surface area contributed by atoms with Crippen LogP contribution in [0.4, 0.5) is 4.39 Å². The van der Waals surface area contributed by atoms with Crippen molar-refractivity contribution in [2.75, 3.05) is 6.61 Å². The molecule has 1 fully saturated rings. The van der Waals surface area contributed by atoms with Gasteiger partial charge in [-0.15, -0.1) is 0 Å². The number of halogens is 1.